The molecule has 204 valence electrons. The highest BCUT2D eigenvalue weighted by molar-refractivity contribution is 8.77. The van der Waals surface area contributed by atoms with Gasteiger partial charge >= 0.3 is 0 Å². The van der Waals surface area contributed by atoms with Crippen LogP contribution in [0.25, 0.3) is 0 Å². The molecule has 0 bridgehead atoms. The molecule has 0 radical (unpaired) electrons. The van der Waals surface area contributed by atoms with Crippen molar-refractivity contribution in [1.82, 2.24) is 16.0 Å². The Kier molecular flexibility index (Phi) is 10.1. The minimum absolute atomic E-state index is 0.103. The van der Waals surface area contributed by atoms with E-state index in [0.717, 1.165) is 11.1 Å². The van der Waals surface area contributed by atoms with Gasteiger partial charge in [-0.2, -0.15) is 0 Å². The maximum atomic E-state index is 13.3. The monoisotopic (exact) mass is 559 g/mol. The average Bonchev–Trinajstić information content (AvgIpc) is 2.88. The highest BCUT2D eigenvalue weighted by Gasteiger charge is 2.39. The molecule has 1 aliphatic heterocycles. The van der Waals surface area contributed by atoms with Gasteiger partial charge in [-0.25, -0.2) is 0 Å². The van der Waals surface area contributed by atoms with E-state index < -0.39 is 52.5 Å². The largest absolute Gasteiger partial charge is 0.508 e. The zero-order valence-electron chi connectivity index (χ0n) is 21.2. The minimum Gasteiger partial charge on any atom is -0.508 e. The van der Waals surface area contributed by atoms with E-state index in [9.17, 15) is 24.3 Å². The van der Waals surface area contributed by atoms with Gasteiger partial charge in [-0.05, 0) is 43.5 Å². The van der Waals surface area contributed by atoms with Gasteiger partial charge in [0.2, 0.25) is 23.6 Å². The molecule has 0 spiro atoms. The summed E-state index contributed by atoms with van der Waals surface area (Å²) in [4.78, 5) is 51.8. The molecule has 2 aromatic carbocycles. The van der Waals surface area contributed by atoms with Crippen LogP contribution in [0.3, 0.4) is 0 Å². The van der Waals surface area contributed by atoms with Crippen molar-refractivity contribution in [2.45, 2.75) is 55.6 Å². The Hall–Kier alpha value is -3.22. The van der Waals surface area contributed by atoms with Crippen LogP contribution >= 0.6 is 21.6 Å². The normalized spacial score (nSPS) is 22.8. The zero-order valence-corrected chi connectivity index (χ0v) is 22.8. The van der Waals surface area contributed by atoms with E-state index in [2.05, 4.69) is 16.0 Å². The van der Waals surface area contributed by atoms with Gasteiger partial charge in [0.25, 0.3) is 0 Å². The molecular formula is C26H33N5O5S2. The summed E-state index contributed by atoms with van der Waals surface area (Å²) in [6.45, 7) is 3.56. The molecular weight excluding hydrogens is 526 g/mol. The van der Waals surface area contributed by atoms with Gasteiger partial charge in [0, 0.05) is 16.9 Å². The topological polar surface area (TPSA) is 177 Å². The number of primary amides is 1. The van der Waals surface area contributed by atoms with Crippen LogP contribution in [-0.2, 0) is 32.0 Å². The summed E-state index contributed by atoms with van der Waals surface area (Å²) in [5, 5.41) is 17.6. The molecule has 1 fully saturated rings. The summed E-state index contributed by atoms with van der Waals surface area (Å²) in [6, 6.07) is 11.5. The van der Waals surface area contributed by atoms with Gasteiger partial charge in [0.15, 0.2) is 0 Å². The van der Waals surface area contributed by atoms with Crippen LogP contribution in [0.2, 0.25) is 0 Å². The quantitative estimate of drug-likeness (QED) is 0.267. The first-order chi connectivity index (χ1) is 18.0. The predicted molar refractivity (Wildman–Crippen MR) is 149 cm³/mol. The van der Waals surface area contributed by atoms with Crippen molar-refractivity contribution < 1.29 is 24.3 Å². The standard InChI is InChI=1S/C26H33N5O5S2/c1-26(2)21(22(28)33)31-24(35)19(13-15-6-4-3-5-7-15)29-25(36)20(14-37-38-26)30-23(34)18(27)12-16-8-10-17(32)11-9-16/h3-11,18-21,32H,12-14,27H2,1-2H3,(H2,28,33)(H,29,36)(H,30,34)(H,31,35)/t18-,19+,20-,21+/m0/s1. The Morgan fingerprint density at radius 1 is 1.05 bits per heavy atom. The SMILES string of the molecule is CC1(C)SSC[C@H](NC(=O)[C@@H](N)Cc2ccc(O)cc2)C(=O)N[C@H](Cc2ccccc2)C(=O)N[C@@H]1C(N)=O. The summed E-state index contributed by atoms with van der Waals surface area (Å²) >= 11 is 0. The Balaban J connectivity index is 1.81. The first-order valence-corrected chi connectivity index (χ1v) is 14.4. The molecule has 10 nitrogen and oxygen atoms in total. The number of carbonyl (C=O) groups excluding carboxylic acids is 4. The van der Waals surface area contributed by atoms with Crippen LogP contribution < -0.4 is 27.4 Å². The molecule has 3 rings (SSSR count). The Morgan fingerprint density at radius 2 is 1.71 bits per heavy atom. The number of hydrogen-bond acceptors (Lipinski definition) is 8. The molecule has 8 N–H and O–H groups in total. The van der Waals surface area contributed by atoms with E-state index in [1.165, 1.54) is 33.7 Å². The lowest BCUT2D eigenvalue weighted by Crippen LogP contribution is -2.60. The number of hydrogen-bond donors (Lipinski definition) is 6. The number of aromatic hydroxyl groups is 1. The minimum atomic E-state index is -1.01. The van der Waals surface area contributed by atoms with Gasteiger partial charge in [0.05, 0.1) is 6.04 Å². The number of amides is 4. The fraction of sp³-hybridized carbons (Fsp3) is 0.385. The van der Waals surface area contributed by atoms with Crippen LogP contribution in [0.5, 0.6) is 5.75 Å². The second-order valence-corrected chi connectivity index (χ2v) is 12.6. The number of rotatable bonds is 7. The first-order valence-electron chi connectivity index (χ1n) is 12.0. The van der Waals surface area contributed by atoms with E-state index >= 15 is 0 Å². The Morgan fingerprint density at radius 3 is 2.34 bits per heavy atom. The van der Waals surface area contributed by atoms with Crippen LogP contribution in [0.1, 0.15) is 25.0 Å². The van der Waals surface area contributed by atoms with Crippen molar-refractivity contribution in [1.29, 1.82) is 0 Å². The highest BCUT2D eigenvalue weighted by atomic mass is 33.1. The molecule has 1 saturated heterocycles. The Labute approximate surface area is 229 Å². The highest BCUT2D eigenvalue weighted by Crippen LogP contribution is 2.38. The fourth-order valence-electron chi connectivity index (χ4n) is 3.90. The molecule has 0 aliphatic carbocycles. The van der Waals surface area contributed by atoms with Crippen molar-refractivity contribution in [3.8, 4) is 5.75 Å². The lowest BCUT2D eigenvalue weighted by molar-refractivity contribution is -0.133. The predicted octanol–water partition coefficient (Wildman–Crippen LogP) is 0.618. The van der Waals surface area contributed by atoms with Crippen molar-refractivity contribution in [3.05, 3.63) is 65.7 Å². The van der Waals surface area contributed by atoms with Gasteiger partial charge < -0.3 is 32.5 Å². The molecule has 4 atom stereocenters. The maximum absolute atomic E-state index is 13.3. The smallest absolute Gasteiger partial charge is 0.244 e. The molecule has 1 aliphatic rings. The van der Waals surface area contributed by atoms with Crippen LogP contribution in [-0.4, -0.2) is 63.4 Å². The lowest BCUT2D eigenvalue weighted by atomic mass is 10.00. The zero-order chi connectivity index (χ0) is 27.9. The summed E-state index contributed by atoms with van der Waals surface area (Å²) in [7, 11) is 2.57. The van der Waals surface area contributed by atoms with Gasteiger partial charge in [-0.1, -0.05) is 64.1 Å². The Bertz CT molecular complexity index is 1150. The van der Waals surface area contributed by atoms with E-state index in [-0.39, 0.29) is 24.3 Å². The lowest BCUT2D eigenvalue weighted by Gasteiger charge is -2.32. The van der Waals surface area contributed by atoms with E-state index in [4.69, 9.17) is 11.5 Å². The van der Waals surface area contributed by atoms with Gasteiger partial charge in [0.1, 0.15) is 23.9 Å². The average molecular weight is 560 g/mol. The third kappa shape index (κ3) is 8.14. The van der Waals surface area contributed by atoms with Crippen molar-refractivity contribution >= 4 is 45.2 Å². The number of phenols is 1. The fourth-order valence-corrected chi connectivity index (χ4v) is 6.73. The van der Waals surface area contributed by atoms with Gasteiger partial charge in [-0.3, -0.25) is 19.2 Å². The second kappa shape index (κ2) is 13.0. The molecule has 0 aromatic heterocycles. The number of carbonyl (C=O) groups is 4. The van der Waals surface area contributed by atoms with Crippen LogP contribution in [0.15, 0.2) is 54.6 Å². The number of nitrogens with one attached hydrogen (secondary N) is 3. The van der Waals surface area contributed by atoms with E-state index in [0.29, 0.717) is 0 Å². The summed E-state index contributed by atoms with van der Waals surface area (Å²) < 4.78 is -0.805. The number of benzene rings is 2. The van der Waals surface area contributed by atoms with E-state index in [1.54, 1.807) is 26.0 Å². The van der Waals surface area contributed by atoms with Crippen LogP contribution in [0, 0.1) is 0 Å². The van der Waals surface area contributed by atoms with Crippen molar-refractivity contribution in [3.63, 3.8) is 0 Å². The third-order valence-corrected chi connectivity index (χ3v) is 9.36. The molecule has 12 heteroatoms. The summed E-state index contributed by atoms with van der Waals surface area (Å²) in [6.07, 6.45) is 0.375. The molecule has 1 heterocycles. The van der Waals surface area contributed by atoms with Crippen LogP contribution in [0.4, 0.5) is 0 Å². The summed E-state index contributed by atoms with van der Waals surface area (Å²) in [5.41, 5.74) is 13.3. The summed E-state index contributed by atoms with van der Waals surface area (Å²) in [5.74, 6) is -2.06. The molecule has 0 saturated carbocycles. The van der Waals surface area contributed by atoms with Crippen molar-refractivity contribution in [2.24, 2.45) is 11.5 Å². The number of phenolic OH excluding ortho intramolecular Hbond substituents is 1. The maximum Gasteiger partial charge on any atom is 0.244 e. The molecule has 4 amide bonds. The van der Waals surface area contributed by atoms with Gasteiger partial charge in [-0.15, -0.1) is 0 Å². The number of nitrogens with two attached hydrogens (primary N) is 2. The third-order valence-electron chi connectivity index (χ3n) is 6.05. The second-order valence-electron chi connectivity index (χ2n) is 9.60. The first kappa shape index (κ1) is 29.3. The molecule has 38 heavy (non-hydrogen) atoms. The van der Waals surface area contributed by atoms with Crippen molar-refractivity contribution in [2.75, 3.05) is 5.75 Å². The molecule has 0 unspecified atom stereocenters. The van der Waals surface area contributed by atoms with E-state index in [1.807, 2.05) is 30.3 Å². The molecule has 2 aromatic rings.